The number of hydrogen-bond donors (Lipinski definition) is 1. The highest BCUT2D eigenvalue weighted by Gasteiger charge is 2.38. The number of nitrogens with two attached hydrogens (primary N) is 1. The molecule has 1 aromatic carbocycles. The van der Waals surface area contributed by atoms with Crippen LogP contribution in [0, 0.1) is 19.8 Å². The van der Waals surface area contributed by atoms with Crippen LogP contribution in [0.4, 0.5) is 5.69 Å². The molecule has 1 aromatic rings. The lowest BCUT2D eigenvalue weighted by Gasteiger charge is -2.24. The lowest BCUT2D eigenvalue weighted by atomic mass is 10.1. The quantitative estimate of drug-likeness (QED) is 0.661. The number of carbonyl (C=O) groups is 2. The predicted octanol–water partition coefficient (Wildman–Crippen LogP) is 2.00. The van der Waals surface area contributed by atoms with Crippen LogP contribution in [0.3, 0.4) is 0 Å². The number of rotatable bonds is 3. The van der Waals surface area contributed by atoms with E-state index in [4.69, 9.17) is 9.88 Å². The maximum atomic E-state index is 12.3. The van der Waals surface area contributed by atoms with Crippen molar-refractivity contribution >= 4 is 59.4 Å². The molecule has 10 heteroatoms. The topological polar surface area (TPSA) is 107 Å². The molecule has 24 heavy (non-hydrogen) atoms. The monoisotopic (exact) mass is 482 g/mol. The van der Waals surface area contributed by atoms with Crippen molar-refractivity contribution in [3.8, 4) is 0 Å². The SMILES string of the molecule is COC(=O)C1CC(=O)N(c2c(Br)c(C)c(S(N)(=O)=O)c(C)c2Br)C1. The molecule has 0 radical (unpaired) electrons. The van der Waals surface area contributed by atoms with E-state index in [0.717, 1.165) is 0 Å². The first-order chi connectivity index (χ1) is 11.0. The first-order valence-corrected chi connectivity index (χ1v) is 10.0. The number of halogens is 2. The minimum absolute atomic E-state index is 0.00108. The number of nitrogens with zero attached hydrogens (tertiary/aromatic N) is 1. The van der Waals surface area contributed by atoms with E-state index >= 15 is 0 Å². The van der Waals surface area contributed by atoms with Gasteiger partial charge in [0.25, 0.3) is 0 Å². The Morgan fingerprint density at radius 2 is 1.75 bits per heavy atom. The van der Waals surface area contributed by atoms with Gasteiger partial charge >= 0.3 is 5.97 Å². The van der Waals surface area contributed by atoms with Crippen LogP contribution in [0.2, 0.25) is 0 Å². The van der Waals surface area contributed by atoms with Gasteiger partial charge < -0.3 is 9.64 Å². The number of benzene rings is 1. The molecule has 0 aliphatic carbocycles. The summed E-state index contributed by atoms with van der Waals surface area (Å²) < 4.78 is 29.3. The van der Waals surface area contributed by atoms with Gasteiger partial charge in [-0.2, -0.15) is 0 Å². The minimum Gasteiger partial charge on any atom is -0.469 e. The zero-order chi connectivity index (χ0) is 18.4. The summed E-state index contributed by atoms with van der Waals surface area (Å²) in [6, 6.07) is 0. The fourth-order valence-electron chi connectivity index (χ4n) is 2.84. The second-order valence-corrected chi connectivity index (χ2v) is 8.61. The van der Waals surface area contributed by atoms with Gasteiger partial charge in [-0.15, -0.1) is 0 Å². The third-order valence-electron chi connectivity index (χ3n) is 3.97. The van der Waals surface area contributed by atoms with Gasteiger partial charge in [0, 0.05) is 21.9 Å². The number of methoxy groups -OCH3 is 1. The molecule has 1 saturated heterocycles. The van der Waals surface area contributed by atoms with Crippen LogP contribution in [-0.2, 0) is 24.3 Å². The van der Waals surface area contributed by atoms with E-state index in [9.17, 15) is 18.0 Å². The Morgan fingerprint density at radius 3 is 2.17 bits per heavy atom. The van der Waals surface area contributed by atoms with Crippen molar-refractivity contribution in [3.05, 3.63) is 20.1 Å². The summed E-state index contributed by atoms with van der Waals surface area (Å²) in [5.74, 6) is -1.25. The fraction of sp³-hybridized carbons (Fsp3) is 0.429. The summed E-state index contributed by atoms with van der Waals surface area (Å²) in [5, 5.41) is 5.30. The molecule has 7 nitrogen and oxygen atoms in total. The van der Waals surface area contributed by atoms with E-state index in [1.807, 2.05) is 0 Å². The number of carbonyl (C=O) groups excluding carboxylic acids is 2. The smallest absolute Gasteiger partial charge is 0.311 e. The van der Waals surface area contributed by atoms with Crippen LogP contribution >= 0.6 is 31.9 Å². The Kier molecular flexibility index (Phi) is 5.43. The van der Waals surface area contributed by atoms with Crippen molar-refractivity contribution in [2.45, 2.75) is 25.2 Å². The molecular weight excluding hydrogens is 468 g/mol. The van der Waals surface area contributed by atoms with Gasteiger partial charge in [-0.05, 0) is 56.8 Å². The van der Waals surface area contributed by atoms with Crippen molar-refractivity contribution in [1.82, 2.24) is 0 Å². The van der Waals surface area contributed by atoms with Crippen LogP contribution in [0.15, 0.2) is 13.8 Å². The maximum absolute atomic E-state index is 12.3. The molecule has 0 aromatic heterocycles. The highest BCUT2D eigenvalue weighted by Crippen LogP contribution is 2.44. The van der Waals surface area contributed by atoms with Crippen molar-refractivity contribution in [2.75, 3.05) is 18.6 Å². The summed E-state index contributed by atoms with van der Waals surface area (Å²) in [5.41, 5.74) is 1.29. The number of amides is 1. The molecule has 1 unspecified atom stereocenters. The van der Waals surface area contributed by atoms with Crippen LogP contribution in [-0.4, -0.2) is 33.9 Å². The largest absolute Gasteiger partial charge is 0.469 e. The van der Waals surface area contributed by atoms with Gasteiger partial charge in [0.05, 0.1) is 23.6 Å². The highest BCUT2D eigenvalue weighted by molar-refractivity contribution is 9.11. The minimum atomic E-state index is -3.93. The Morgan fingerprint density at radius 1 is 1.25 bits per heavy atom. The molecule has 1 atom stereocenters. The molecule has 132 valence electrons. The van der Waals surface area contributed by atoms with Crippen molar-refractivity contribution < 1.29 is 22.7 Å². The van der Waals surface area contributed by atoms with Crippen molar-refractivity contribution in [2.24, 2.45) is 11.1 Å². The summed E-state index contributed by atoms with van der Waals surface area (Å²) in [6.45, 7) is 3.37. The number of sulfonamides is 1. The van der Waals surface area contributed by atoms with Gasteiger partial charge in [-0.3, -0.25) is 9.59 Å². The third kappa shape index (κ3) is 3.24. The van der Waals surface area contributed by atoms with Crippen LogP contribution in [0.25, 0.3) is 0 Å². The molecule has 0 bridgehead atoms. The van der Waals surface area contributed by atoms with E-state index in [-0.39, 0.29) is 23.8 Å². The maximum Gasteiger partial charge on any atom is 0.311 e. The van der Waals surface area contributed by atoms with E-state index in [0.29, 0.717) is 25.8 Å². The van der Waals surface area contributed by atoms with Crippen molar-refractivity contribution in [3.63, 3.8) is 0 Å². The van der Waals surface area contributed by atoms with Gasteiger partial charge in [0.15, 0.2) is 0 Å². The molecule has 1 amide bonds. The summed E-state index contributed by atoms with van der Waals surface area (Å²) >= 11 is 6.72. The molecule has 0 saturated carbocycles. The normalized spacial score (nSPS) is 18.2. The fourth-order valence-corrected chi connectivity index (χ4v) is 5.65. The van der Waals surface area contributed by atoms with E-state index < -0.39 is 21.9 Å². The molecule has 1 fully saturated rings. The number of ether oxygens (including phenoxy) is 1. The zero-order valence-electron chi connectivity index (χ0n) is 13.2. The van der Waals surface area contributed by atoms with Crippen molar-refractivity contribution in [1.29, 1.82) is 0 Å². The first-order valence-electron chi connectivity index (χ1n) is 6.89. The second kappa shape index (κ2) is 6.74. The van der Waals surface area contributed by atoms with Gasteiger partial charge in [-0.1, -0.05) is 0 Å². The first kappa shape index (κ1) is 19.4. The molecule has 2 rings (SSSR count). The molecule has 1 aliphatic heterocycles. The molecule has 2 N–H and O–H groups in total. The predicted molar refractivity (Wildman–Crippen MR) is 95.2 cm³/mol. The number of hydrogen-bond acceptors (Lipinski definition) is 5. The van der Waals surface area contributed by atoms with Crippen LogP contribution in [0.5, 0.6) is 0 Å². The van der Waals surface area contributed by atoms with Crippen LogP contribution < -0.4 is 10.0 Å². The van der Waals surface area contributed by atoms with Crippen LogP contribution in [0.1, 0.15) is 17.5 Å². The highest BCUT2D eigenvalue weighted by atomic mass is 79.9. The number of primary sulfonamides is 1. The molecule has 1 aliphatic rings. The Labute approximate surface area is 156 Å². The Hall–Kier alpha value is -0.970. The average Bonchev–Trinajstić information content (AvgIpc) is 2.85. The third-order valence-corrected chi connectivity index (χ3v) is 7.09. The van der Waals surface area contributed by atoms with Gasteiger partial charge in [0.2, 0.25) is 15.9 Å². The molecular formula is C14H16Br2N2O5S. The average molecular weight is 484 g/mol. The second-order valence-electron chi connectivity index (χ2n) is 5.53. The number of esters is 1. The van der Waals surface area contributed by atoms with E-state index in [2.05, 4.69) is 31.9 Å². The Balaban J connectivity index is 2.61. The summed E-state index contributed by atoms with van der Waals surface area (Å²) in [4.78, 5) is 25.5. The van der Waals surface area contributed by atoms with Gasteiger partial charge in [0.1, 0.15) is 0 Å². The Bertz CT molecular complexity index is 809. The molecule has 0 spiro atoms. The standard InChI is InChI=1S/C14H16Br2N2O5S/c1-6-10(15)12(11(16)7(2)13(6)24(17,21)22)18-5-8(4-9(18)19)14(20)23-3/h8H,4-5H2,1-3H3,(H2,17,21,22). The van der Waals surface area contributed by atoms with Gasteiger partial charge in [-0.25, -0.2) is 13.6 Å². The van der Waals surface area contributed by atoms with E-state index in [1.165, 1.54) is 12.0 Å². The lowest BCUT2D eigenvalue weighted by molar-refractivity contribution is -0.145. The molecule has 1 heterocycles. The summed E-state index contributed by atoms with van der Waals surface area (Å²) in [7, 11) is -2.65. The zero-order valence-corrected chi connectivity index (χ0v) is 17.2. The lowest BCUT2D eigenvalue weighted by Crippen LogP contribution is -2.28. The van der Waals surface area contributed by atoms with E-state index in [1.54, 1.807) is 13.8 Å². The number of anilines is 1. The summed E-state index contributed by atoms with van der Waals surface area (Å²) in [6.07, 6.45) is 0.0422.